The maximum Gasteiger partial charge on any atom is 0.226 e. The Hall–Kier alpha value is -2.80. The molecule has 0 saturated carbocycles. The van der Waals surface area contributed by atoms with Crippen molar-refractivity contribution in [2.24, 2.45) is 0 Å². The van der Waals surface area contributed by atoms with E-state index in [1.807, 2.05) is 0 Å². The minimum Gasteiger partial charge on any atom is -0.378 e. The normalized spacial score (nSPS) is 17.1. The highest BCUT2D eigenvalue weighted by atomic mass is 16.5. The Bertz CT molecular complexity index is 924. The number of para-hydroxylation sites is 1. The van der Waals surface area contributed by atoms with Gasteiger partial charge in [-0.3, -0.25) is 0 Å². The molecule has 1 fully saturated rings. The minimum absolute atomic E-state index is 0.707. The fourth-order valence-corrected chi connectivity index (χ4v) is 3.50. The Kier molecular flexibility index (Phi) is 3.45. The van der Waals surface area contributed by atoms with Gasteiger partial charge >= 0.3 is 0 Å². The van der Waals surface area contributed by atoms with Gasteiger partial charge in [0.05, 0.1) is 19.4 Å². The molecule has 0 radical (unpaired) electrons. The second kappa shape index (κ2) is 5.93. The lowest BCUT2D eigenvalue weighted by molar-refractivity contribution is 0.122. The van der Waals surface area contributed by atoms with Gasteiger partial charge in [-0.2, -0.15) is 0 Å². The van der Waals surface area contributed by atoms with Crippen LogP contribution in [-0.2, 0) is 11.2 Å². The highest BCUT2D eigenvalue weighted by molar-refractivity contribution is 5.89. The van der Waals surface area contributed by atoms with Crippen molar-refractivity contribution in [3.05, 3.63) is 42.4 Å². The number of anilines is 3. The minimum atomic E-state index is 0.707. The Morgan fingerprint density at radius 3 is 2.76 bits per heavy atom. The predicted molar refractivity (Wildman–Crippen MR) is 95.3 cm³/mol. The number of rotatable bonds is 2. The number of morpholine rings is 1. The van der Waals surface area contributed by atoms with Crippen LogP contribution >= 0.6 is 0 Å². The number of ether oxygens (including phenoxy) is 1. The molecule has 0 spiro atoms. The Morgan fingerprint density at radius 1 is 0.960 bits per heavy atom. The number of fused-ring (bicyclic) bond motifs is 2. The summed E-state index contributed by atoms with van der Waals surface area (Å²) in [7, 11) is 0. The number of hydrogen-bond acceptors (Lipinski definition) is 7. The van der Waals surface area contributed by atoms with Crippen molar-refractivity contribution in [3.63, 3.8) is 0 Å². The van der Waals surface area contributed by atoms with E-state index in [1.165, 1.54) is 11.3 Å². The topological polar surface area (TPSA) is 67.3 Å². The Balaban J connectivity index is 1.61. The molecule has 1 saturated heterocycles. The van der Waals surface area contributed by atoms with Gasteiger partial charge in [0.2, 0.25) is 5.95 Å². The average molecular weight is 334 g/mol. The SMILES string of the molecule is c1ccc2c(c1)CCN2c1ncnc2cnc(N3CCOCC3)nc12. The van der Waals surface area contributed by atoms with Crippen molar-refractivity contribution < 1.29 is 4.74 Å². The molecule has 7 nitrogen and oxygen atoms in total. The molecule has 7 heteroatoms. The van der Waals surface area contributed by atoms with Crippen LogP contribution in [0.15, 0.2) is 36.8 Å². The second-order valence-electron chi connectivity index (χ2n) is 6.23. The summed E-state index contributed by atoms with van der Waals surface area (Å²) in [5.74, 6) is 1.58. The van der Waals surface area contributed by atoms with Gasteiger partial charge in [0.15, 0.2) is 5.82 Å². The largest absolute Gasteiger partial charge is 0.378 e. The number of aromatic nitrogens is 4. The van der Waals surface area contributed by atoms with Gasteiger partial charge in [-0.05, 0) is 18.1 Å². The fraction of sp³-hybridized carbons (Fsp3) is 0.333. The van der Waals surface area contributed by atoms with E-state index in [4.69, 9.17) is 9.72 Å². The van der Waals surface area contributed by atoms with E-state index < -0.39 is 0 Å². The zero-order valence-electron chi connectivity index (χ0n) is 13.8. The second-order valence-corrected chi connectivity index (χ2v) is 6.23. The van der Waals surface area contributed by atoms with E-state index >= 15 is 0 Å². The van der Waals surface area contributed by atoms with Crippen molar-refractivity contribution >= 4 is 28.5 Å². The van der Waals surface area contributed by atoms with Crippen LogP contribution in [0.2, 0.25) is 0 Å². The van der Waals surface area contributed by atoms with Gasteiger partial charge < -0.3 is 14.5 Å². The quantitative estimate of drug-likeness (QED) is 0.709. The van der Waals surface area contributed by atoms with Crippen LogP contribution in [0.4, 0.5) is 17.5 Å². The van der Waals surface area contributed by atoms with E-state index in [9.17, 15) is 0 Å². The summed E-state index contributed by atoms with van der Waals surface area (Å²) in [5, 5.41) is 0. The van der Waals surface area contributed by atoms with E-state index in [2.05, 4.69) is 49.0 Å². The summed E-state index contributed by atoms with van der Waals surface area (Å²) in [4.78, 5) is 22.6. The highest BCUT2D eigenvalue weighted by Gasteiger charge is 2.24. The number of nitrogens with zero attached hydrogens (tertiary/aromatic N) is 6. The molecule has 4 heterocycles. The van der Waals surface area contributed by atoms with Gasteiger partial charge in [-0.15, -0.1) is 0 Å². The summed E-state index contributed by atoms with van der Waals surface area (Å²) in [6, 6.07) is 8.46. The van der Waals surface area contributed by atoms with Gasteiger partial charge in [0, 0.05) is 25.3 Å². The summed E-state index contributed by atoms with van der Waals surface area (Å²) >= 11 is 0. The van der Waals surface area contributed by atoms with E-state index in [0.717, 1.165) is 48.9 Å². The summed E-state index contributed by atoms with van der Waals surface area (Å²) in [6.07, 6.45) is 4.40. The molecular formula is C18H18N6O. The van der Waals surface area contributed by atoms with E-state index in [0.29, 0.717) is 13.2 Å². The van der Waals surface area contributed by atoms with Gasteiger partial charge in [-0.25, -0.2) is 19.9 Å². The van der Waals surface area contributed by atoms with Gasteiger partial charge in [0.25, 0.3) is 0 Å². The molecule has 0 amide bonds. The van der Waals surface area contributed by atoms with Gasteiger partial charge in [-0.1, -0.05) is 18.2 Å². The van der Waals surface area contributed by atoms with Gasteiger partial charge in [0.1, 0.15) is 17.4 Å². The first kappa shape index (κ1) is 14.5. The van der Waals surface area contributed by atoms with Crippen LogP contribution in [0.1, 0.15) is 5.56 Å². The standard InChI is InChI=1S/C18H18N6O/c1-2-4-15-13(3-1)5-6-24(15)17-16-14(20-12-21-17)11-19-18(22-16)23-7-9-25-10-8-23/h1-4,11-12H,5-10H2. The molecule has 0 unspecified atom stereocenters. The molecule has 2 aliphatic rings. The van der Waals surface area contributed by atoms with E-state index in [1.54, 1.807) is 12.5 Å². The number of benzene rings is 1. The average Bonchev–Trinajstić information content (AvgIpc) is 3.12. The van der Waals surface area contributed by atoms with Crippen LogP contribution in [0.3, 0.4) is 0 Å². The molecule has 126 valence electrons. The molecule has 25 heavy (non-hydrogen) atoms. The third-order valence-electron chi connectivity index (χ3n) is 4.78. The third kappa shape index (κ3) is 2.47. The summed E-state index contributed by atoms with van der Waals surface area (Å²) in [5.41, 5.74) is 4.12. The molecule has 2 aromatic heterocycles. The predicted octanol–water partition coefficient (Wildman–Crippen LogP) is 1.95. The van der Waals surface area contributed by atoms with Crippen molar-refractivity contribution in [1.82, 2.24) is 19.9 Å². The zero-order chi connectivity index (χ0) is 16.6. The highest BCUT2D eigenvalue weighted by Crippen LogP contribution is 2.35. The zero-order valence-corrected chi connectivity index (χ0v) is 13.8. The maximum absolute atomic E-state index is 5.42. The smallest absolute Gasteiger partial charge is 0.226 e. The molecule has 0 N–H and O–H groups in total. The molecular weight excluding hydrogens is 316 g/mol. The van der Waals surface area contributed by atoms with Crippen molar-refractivity contribution in [1.29, 1.82) is 0 Å². The van der Waals surface area contributed by atoms with Crippen molar-refractivity contribution in [3.8, 4) is 0 Å². The van der Waals surface area contributed by atoms with Crippen LogP contribution in [0.25, 0.3) is 11.0 Å². The van der Waals surface area contributed by atoms with Crippen LogP contribution in [0, 0.1) is 0 Å². The Morgan fingerprint density at radius 2 is 1.84 bits per heavy atom. The third-order valence-corrected chi connectivity index (χ3v) is 4.78. The van der Waals surface area contributed by atoms with Crippen LogP contribution in [-0.4, -0.2) is 52.8 Å². The summed E-state index contributed by atoms with van der Waals surface area (Å²) < 4.78 is 5.42. The lowest BCUT2D eigenvalue weighted by Gasteiger charge is -2.27. The molecule has 5 rings (SSSR count). The lowest BCUT2D eigenvalue weighted by Crippen LogP contribution is -2.37. The molecule has 1 aromatic carbocycles. The van der Waals surface area contributed by atoms with E-state index in [-0.39, 0.29) is 0 Å². The van der Waals surface area contributed by atoms with Crippen LogP contribution in [0.5, 0.6) is 0 Å². The number of hydrogen-bond donors (Lipinski definition) is 0. The molecule has 2 aliphatic heterocycles. The lowest BCUT2D eigenvalue weighted by atomic mass is 10.2. The van der Waals surface area contributed by atoms with Crippen molar-refractivity contribution in [2.45, 2.75) is 6.42 Å². The molecule has 0 aliphatic carbocycles. The summed E-state index contributed by atoms with van der Waals surface area (Å²) in [6.45, 7) is 3.93. The van der Waals surface area contributed by atoms with Crippen LogP contribution < -0.4 is 9.80 Å². The maximum atomic E-state index is 5.42. The fourth-order valence-electron chi connectivity index (χ4n) is 3.50. The molecule has 3 aromatic rings. The monoisotopic (exact) mass is 334 g/mol. The first-order chi connectivity index (χ1) is 12.4. The molecule has 0 atom stereocenters. The van der Waals surface area contributed by atoms with Crippen molar-refractivity contribution in [2.75, 3.05) is 42.6 Å². The Labute approximate surface area is 145 Å². The first-order valence-corrected chi connectivity index (χ1v) is 8.56. The molecule has 0 bridgehead atoms. The first-order valence-electron chi connectivity index (χ1n) is 8.56.